The van der Waals surface area contributed by atoms with Crippen LogP contribution in [0.3, 0.4) is 0 Å². The molecule has 0 unspecified atom stereocenters. The summed E-state index contributed by atoms with van der Waals surface area (Å²) in [5.41, 5.74) is 0.686. The van der Waals surface area contributed by atoms with Gasteiger partial charge in [-0.3, -0.25) is 0 Å². The number of carbonyl (C=O) groups excluding carboxylic acids is 1. The molecule has 0 radical (unpaired) electrons. The minimum atomic E-state index is -3.27. The number of rotatable bonds is 3. The Hall–Kier alpha value is -1.38. The van der Waals surface area contributed by atoms with Gasteiger partial charge in [0.05, 0.1) is 23.4 Å². The largest absolute Gasteiger partial charge is 0.372 e. The van der Waals surface area contributed by atoms with Gasteiger partial charge in [0.15, 0.2) is 9.84 Å². The fourth-order valence-corrected chi connectivity index (χ4v) is 6.30. The highest BCUT2D eigenvalue weighted by Gasteiger charge is 2.38. The summed E-state index contributed by atoms with van der Waals surface area (Å²) in [4.78, 5) is 12.3. The lowest BCUT2D eigenvalue weighted by atomic mass is 10.1. The zero-order valence-corrected chi connectivity index (χ0v) is 14.5. The third kappa shape index (κ3) is 3.02. The van der Waals surface area contributed by atoms with E-state index in [-0.39, 0.29) is 24.2 Å². The Morgan fingerprint density at radius 3 is 3.00 bits per heavy atom. The zero-order valence-electron chi connectivity index (χ0n) is 12.8. The van der Waals surface area contributed by atoms with Crippen LogP contribution < -0.4 is 10.6 Å². The average molecular weight is 356 g/mol. The van der Waals surface area contributed by atoms with Gasteiger partial charge in [-0.1, -0.05) is 6.08 Å². The van der Waals surface area contributed by atoms with Crippen LogP contribution >= 0.6 is 11.3 Å². The minimum Gasteiger partial charge on any atom is -0.372 e. The molecule has 0 saturated carbocycles. The van der Waals surface area contributed by atoms with Gasteiger partial charge in [-0.2, -0.15) is 0 Å². The molecule has 1 fully saturated rings. The van der Waals surface area contributed by atoms with Gasteiger partial charge >= 0.3 is 6.03 Å². The molecule has 8 heteroatoms. The van der Waals surface area contributed by atoms with Crippen LogP contribution in [-0.2, 0) is 14.6 Å². The summed E-state index contributed by atoms with van der Waals surface area (Å²) in [5, 5.41) is 7.05. The van der Waals surface area contributed by atoms with E-state index in [0.717, 1.165) is 6.42 Å². The normalized spacial score (nSPS) is 32.0. The van der Waals surface area contributed by atoms with Gasteiger partial charge in [-0.05, 0) is 31.2 Å². The van der Waals surface area contributed by atoms with Crippen LogP contribution in [0.1, 0.15) is 31.4 Å². The lowest BCUT2D eigenvalue weighted by Crippen LogP contribution is -2.47. The first-order chi connectivity index (χ1) is 10.9. The Bertz CT molecular complexity index is 713. The Balaban J connectivity index is 1.71. The fraction of sp³-hybridized carbons (Fsp3) is 0.533. The van der Waals surface area contributed by atoms with Gasteiger partial charge in [0.1, 0.15) is 4.21 Å². The first-order valence-electron chi connectivity index (χ1n) is 7.56. The van der Waals surface area contributed by atoms with Crippen LogP contribution in [-0.4, -0.2) is 38.5 Å². The van der Waals surface area contributed by atoms with Crippen LogP contribution in [0.25, 0.3) is 0 Å². The van der Waals surface area contributed by atoms with Crippen molar-refractivity contribution in [1.82, 2.24) is 10.6 Å². The molecule has 1 saturated heterocycles. The molecule has 23 heavy (non-hydrogen) atoms. The number of fused-ring (bicyclic) bond motifs is 1. The van der Waals surface area contributed by atoms with E-state index in [1.54, 1.807) is 24.4 Å². The number of thiophene rings is 1. The highest BCUT2D eigenvalue weighted by Crippen LogP contribution is 2.39. The van der Waals surface area contributed by atoms with Gasteiger partial charge in [-0.25, -0.2) is 13.2 Å². The predicted molar refractivity (Wildman–Crippen MR) is 88.3 cm³/mol. The Kier molecular flexibility index (Phi) is 4.48. The molecule has 0 bridgehead atoms. The molecule has 3 heterocycles. The second-order valence-corrected chi connectivity index (χ2v) is 9.37. The van der Waals surface area contributed by atoms with Crippen molar-refractivity contribution in [2.24, 2.45) is 0 Å². The van der Waals surface area contributed by atoms with E-state index in [0.29, 0.717) is 22.8 Å². The molecule has 0 aromatic carbocycles. The first-order valence-corrected chi connectivity index (χ1v) is 9.98. The maximum Gasteiger partial charge on any atom is 0.315 e. The number of urea groups is 1. The summed E-state index contributed by atoms with van der Waals surface area (Å²) in [6.45, 7) is 5.98. The second kappa shape index (κ2) is 6.26. The number of hydrogen-bond donors (Lipinski definition) is 2. The van der Waals surface area contributed by atoms with E-state index in [1.165, 1.54) is 11.3 Å². The summed E-state index contributed by atoms with van der Waals surface area (Å²) in [5.74, 6) is 0. The first kappa shape index (κ1) is 16.5. The van der Waals surface area contributed by atoms with Crippen molar-refractivity contribution in [1.29, 1.82) is 0 Å². The van der Waals surface area contributed by atoms with Crippen LogP contribution in [0.5, 0.6) is 0 Å². The number of nitrogens with one attached hydrogen (secondary N) is 2. The highest BCUT2D eigenvalue weighted by atomic mass is 32.2. The van der Waals surface area contributed by atoms with Crippen LogP contribution in [0.4, 0.5) is 4.79 Å². The van der Waals surface area contributed by atoms with E-state index in [2.05, 4.69) is 17.2 Å². The summed E-state index contributed by atoms with van der Waals surface area (Å²) < 4.78 is 30.4. The molecular weight excluding hydrogens is 336 g/mol. The van der Waals surface area contributed by atoms with Gasteiger partial charge < -0.3 is 15.4 Å². The van der Waals surface area contributed by atoms with E-state index in [1.807, 2.05) is 0 Å². The Morgan fingerprint density at radius 1 is 1.48 bits per heavy atom. The van der Waals surface area contributed by atoms with Gasteiger partial charge in [-0.15, -0.1) is 17.9 Å². The second-order valence-electron chi connectivity index (χ2n) is 5.89. The highest BCUT2D eigenvalue weighted by molar-refractivity contribution is 7.94. The molecule has 126 valence electrons. The van der Waals surface area contributed by atoms with Crippen LogP contribution in [0, 0.1) is 0 Å². The summed E-state index contributed by atoms with van der Waals surface area (Å²) in [6, 6.07) is 1.08. The van der Waals surface area contributed by atoms with Crippen molar-refractivity contribution >= 4 is 27.2 Å². The van der Waals surface area contributed by atoms with Crippen molar-refractivity contribution in [3.8, 4) is 0 Å². The standard InChI is InChI=1S/C15H20N2O4S2/c1-3-13-11(4-6-21-13)16-15(18)17-12-8-9(2)23(19,20)14-10(12)5-7-22-14/h3,5,7,9,11-13H,1,4,6,8H2,2H3,(H2,16,17,18)/t9-,11+,12-,13-/m0/s1. The van der Waals surface area contributed by atoms with Gasteiger partial charge in [0.2, 0.25) is 0 Å². The van der Waals surface area contributed by atoms with E-state index in [4.69, 9.17) is 4.74 Å². The number of ether oxygens (including phenoxy) is 1. The quantitative estimate of drug-likeness (QED) is 0.811. The Labute approximate surface area is 139 Å². The Morgan fingerprint density at radius 2 is 2.26 bits per heavy atom. The van der Waals surface area contributed by atoms with Crippen molar-refractivity contribution in [2.75, 3.05) is 6.61 Å². The molecule has 1 aromatic rings. The minimum absolute atomic E-state index is 0.0980. The number of hydrogen-bond acceptors (Lipinski definition) is 5. The number of carbonyl (C=O) groups is 1. The molecule has 3 rings (SSSR count). The molecule has 2 N–H and O–H groups in total. The summed E-state index contributed by atoms with van der Waals surface area (Å²) in [7, 11) is -3.27. The smallest absolute Gasteiger partial charge is 0.315 e. The molecular formula is C15H20N2O4S2. The van der Waals surface area contributed by atoms with Gasteiger partial charge in [0, 0.05) is 12.2 Å². The summed E-state index contributed by atoms with van der Waals surface area (Å²) in [6.07, 6.45) is 2.63. The molecule has 2 aliphatic rings. The molecule has 2 amide bonds. The summed E-state index contributed by atoms with van der Waals surface area (Å²) >= 11 is 1.21. The topological polar surface area (TPSA) is 84.5 Å². The zero-order chi connectivity index (χ0) is 16.6. The lowest BCUT2D eigenvalue weighted by molar-refractivity contribution is 0.135. The molecule has 0 aliphatic carbocycles. The monoisotopic (exact) mass is 356 g/mol. The molecule has 6 nitrogen and oxygen atoms in total. The number of amides is 2. The molecule has 0 spiro atoms. The SMILES string of the molecule is C=C[C@@H]1OCC[C@H]1NC(=O)N[C@H]1C[C@H](C)S(=O)(=O)c2sccc21. The van der Waals surface area contributed by atoms with Crippen LogP contribution in [0.2, 0.25) is 0 Å². The predicted octanol–water partition coefficient (Wildman–Crippen LogP) is 2.00. The molecule has 4 atom stereocenters. The van der Waals surface area contributed by atoms with Crippen molar-refractivity contribution in [3.63, 3.8) is 0 Å². The van der Waals surface area contributed by atoms with Gasteiger partial charge in [0.25, 0.3) is 0 Å². The van der Waals surface area contributed by atoms with Crippen LogP contribution in [0.15, 0.2) is 28.3 Å². The number of sulfone groups is 1. The van der Waals surface area contributed by atoms with Crippen molar-refractivity contribution < 1.29 is 17.9 Å². The maximum absolute atomic E-state index is 12.3. The van der Waals surface area contributed by atoms with E-state index < -0.39 is 15.1 Å². The molecule has 1 aromatic heterocycles. The van der Waals surface area contributed by atoms with Crippen molar-refractivity contribution in [2.45, 2.75) is 47.4 Å². The van der Waals surface area contributed by atoms with E-state index >= 15 is 0 Å². The fourth-order valence-electron chi connectivity index (χ4n) is 3.07. The van der Waals surface area contributed by atoms with E-state index in [9.17, 15) is 13.2 Å². The third-order valence-electron chi connectivity index (χ3n) is 4.38. The molecule has 2 aliphatic heterocycles. The third-order valence-corrected chi connectivity index (χ3v) is 8.09. The lowest BCUT2D eigenvalue weighted by Gasteiger charge is -2.28. The average Bonchev–Trinajstić information content (AvgIpc) is 3.14. The van der Waals surface area contributed by atoms with Crippen molar-refractivity contribution in [3.05, 3.63) is 29.7 Å². The maximum atomic E-state index is 12.3.